The Bertz CT molecular complexity index is 474. The summed E-state index contributed by atoms with van der Waals surface area (Å²) < 4.78 is 13.2. The van der Waals surface area contributed by atoms with Crippen LogP contribution in [0, 0.1) is 12.7 Å². The van der Waals surface area contributed by atoms with E-state index in [-0.39, 0.29) is 11.5 Å². The number of nitrogens with two attached hydrogens (primary N) is 1. The number of hydrogen-bond acceptors (Lipinski definition) is 1. The fourth-order valence-corrected chi connectivity index (χ4v) is 1.45. The maximum atomic E-state index is 13.2. The summed E-state index contributed by atoms with van der Waals surface area (Å²) in [5, 5.41) is 0. The van der Waals surface area contributed by atoms with Gasteiger partial charge in [-0.05, 0) is 30.2 Å². The summed E-state index contributed by atoms with van der Waals surface area (Å²) >= 11 is 0. The van der Waals surface area contributed by atoms with Gasteiger partial charge in [0.1, 0.15) is 5.82 Å². The molecule has 0 aromatic heterocycles. The molecule has 2 N–H and O–H groups in total. The van der Waals surface area contributed by atoms with Crippen molar-refractivity contribution in [2.75, 3.05) is 5.73 Å². The molecule has 0 bridgehead atoms. The quantitative estimate of drug-likeness (QED) is 0.703. The van der Waals surface area contributed by atoms with E-state index in [9.17, 15) is 4.39 Å². The number of halogens is 1. The zero-order valence-electron chi connectivity index (χ0n) is 8.50. The lowest BCUT2D eigenvalue weighted by Gasteiger charge is -2.03. The molecule has 1 nitrogen and oxygen atoms in total. The summed E-state index contributed by atoms with van der Waals surface area (Å²) in [6.45, 7) is 2.02. The molecule has 76 valence electrons. The first-order valence-electron chi connectivity index (χ1n) is 4.79. The normalized spacial score (nSPS) is 10.3. The highest BCUT2D eigenvalue weighted by atomic mass is 19.1. The number of aryl methyl sites for hydroxylation is 1. The zero-order chi connectivity index (χ0) is 10.8. The van der Waals surface area contributed by atoms with Crippen molar-refractivity contribution < 1.29 is 4.39 Å². The van der Waals surface area contributed by atoms with Gasteiger partial charge in [0.25, 0.3) is 0 Å². The van der Waals surface area contributed by atoms with Crippen LogP contribution in [-0.2, 0) is 0 Å². The summed E-state index contributed by atoms with van der Waals surface area (Å²) in [4.78, 5) is 0. The molecule has 2 aromatic rings. The third-order valence-electron chi connectivity index (χ3n) is 2.39. The Morgan fingerprint density at radius 2 is 1.53 bits per heavy atom. The van der Waals surface area contributed by atoms with E-state index in [1.165, 1.54) is 11.6 Å². The van der Waals surface area contributed by atoms with Crippen molar-refractivity contribution in [3.63, 3.8) is 0 Å². The second-order valence-corrected chi connectivity index (χ2v) is 3.60. The molecule has 0 aliphatic carbocycles. The van der Waals surface area contributed by atoms with Crippen LogP contribution in [0.1, 0.15) is 5.56 Å². The van der Waals surface area contributed by atoms with Crippen LogP contribution in [0.15, 0.2) is 42.5 Å². The summed E-state index contributed by atoms with van der Waals surface area (Å²) in [5.41, 5.74) is 8.64. The van der Waals surface area contributed by atoms with Crippen LogP contribution in [0.3, 0.4) is 0 Å². The van der Waals surface area contributed by atoms with Crippen molar-refractivity contribution in [3.05, 3.63) is 53.8 Å². The Morgan fingerprint density at radius 1 is 0.933 bits per heavy atom. The van der Waals surface area contributed by atoms with Gasteiger partial charge in [-0.25, -0.2) is 4.39 Å². The van der Waals surface area contributed by atoms with Gasteiger partial charge in [0.15, 0.2) is 0 Å². The Balaban J connectivity index is 2.45. The molecule has 0 heterocycles. The highest BCUT2D eigenvalue weighted by Crippen LogP contribution is 2.23. The van der Waals surface area contributed by atoms with Crippen LogP contribution >= 0.6 is 0 Å². The summed E-state index contributed by atoms with van der Waals surface area (Å²) in [6, 6.07) is 12.8. The van der Waals surface area contributed by atoms with E-state index >= 15 is 0 Å². The number of hydrogen-bond donors (Lipinski definition) is 1. The lowest BCUT2D eigenvalue weighted by molar-refractivity contribution is 0.633. The molecule has 0 saturated heterocycles. The van der Waals surface area contributed by atoms with E-state index in [1.54, 1.807) is 6.07 Å². The fraction of sp³-hybridized carbons (Fsp3) is 0.0769. The Labute approximate surface area is 88.4 Å². The first-order valence-corrected chi connectivity index (χ1v) is 4.79. The molecule has 0 unspecified atom stereocenters. The fourth-order valence-electron chi connectivity index (χ4n) is 1.45. The second-order valence-electron chi connectivity index (χ2n) is 3.60. The van der Waals surface area contributed by atoms with E-state index in [4.69, 9.17) is 5.73 Å². The third kappa shape index (κ3) is 1.99. The van der Waals surface area contributed by atoms with Gasteiger partial charge in [-0.3, -0.25) is 0 Å². The van der Waals surface area contributed by atoms with Crippen LogP contribution in [0.5, 0.6) is 0 Å². The number of rotatable bonds is 1. The molecule has 0 atom stereocenters. The van der Waals surface area contributed by atoms with Gasteiger partial charge < -0.3 is 5.73 Å². The standard InChI is InChI=1S/C13H12FN/c1-9-2-4-10(5-3-9)11-6-7-13(15)12(14)8-11/h2-8H,15H2,1H3. The van der Waals surface area contributed by atoms with Gasteiger partial charge >= 0.3 is 0 Å². The molecule has 2 heteroatoms. The molecule has 0 aliphatic rings. The first kappa shape index (κ1) is 9.71. The summed E-state index contributed by atoms with van der Waals surface area (Å²) in [7, 11) is 0. The minimum absolute atomic E-state index is 0.186. The van der Waals surface area contributed by atoms with Crippen LogP contribution in [0.4, 0.5) is 10.1 Å². The maximum Gasteiger partial charge on any atom is 0.146 e. The molecule has 0 amide bonds. The molecule has 0 aliphatic heterocycles. The molecule has 0 radical (unpaired) electrons. The highest BCUT2D eigenvalue weighted by Gasteiger charge is 2.01. The summed E-state index contributed by atoms with van der Waals surface area (Å²) in [6.07, 6.45) is 0. The predicted molar refractivity (Wildman–Crippen MR) is 61.0 cm³/mol. The maximum absolute atomic E-state index is 13.2. The number of nitrogen functional groups attached to an aromatic ring is 1. The van der Waals surface area contributed by atoms with Crippen LogP contribution in [0.25, 0.3) is 11.1 Å². The van der Waals surface area contributed by atoms with Gasteiger partial charge in [-0.1, -0.05) is 35.9 Å². The Hall–Kier alpha value is -1.83. The summed E-state index contributed by atoms with van der Waals surface area (Å²) in [5.74, 6) is -0.368. The Kier molecular flexibility index (Phi) is 2.42. The van der Waals surface area contributed by atoms with E-state index in [0.29, 0.717) is 0 Å². The van der Waals surface area contributed by atoms with Crippen molar-refractivity contribution in [2.45, 2.75) is 6.92 Å². The van der Waals surface area contributed by atoms with Crippen LogP contribution < -0.4 is 5.73 Å². The minimum Gasteiger partial charge on any atom is -0.396 e. The zero-order valence-corrected chi connectivity index (χ0v) is 8.50. The average Bonchev–Trinajstić information content (AvgIpc) is 2.23. The number of anilines is 1. The van der Waals surface area contributed by atoms with E-state index in [0.717, 1.165) is 11.1 Å². The molecular formula is C13H12FN. The van der Waals surface area contributed by atoms with E-state index in [1.807, 2.05) is 37.3 Å². The molecule has 15 heavy (non-hydrogen) atoms. The van der Waals surface area contributed by atoms with Crippen molar-refractivity contribution in [3.8, 4) is 11.1 Å². The molecule has 2 rings (SSSR count). The van der Waals surface area contributed by atoms with Crippen molar-refractivity contribution in [2.24, 2.45) is 0 Å². The molecule has 0 fully saturated rings. The molecule has 0 saturated carbocycles. The SMILES string of the molecule is Cc1ccc(-c2ccc(N)c(F)c2)cc1. The molecule has 2 aromatic carbocycles. The van der Waals surface area contributed by atoms with Gasteiger partial charge in [0.2, 0.25) is 0 Å². The first-order chi connectivity index (χ1) is 7.16. The topological polar surface area (TPSA) is 26.0 Å². The van der Waals surface area contributed by atoms with Crippen LogP contribution in [-0.4, -0.2) is 0 Å². The van der Waals surface area contributed by atoms with Gasteiger partial charge in [-0.2, -0.15) is 0 Å². The van der Waals surface area contributed by atoms with E-state index < -0.39 is 0 Å². The third-order valence-corrected chi connectivity index (χ3v) is 2.39. The van der Waals surface area contributed by atoms with Crippen LogP contribution in [0.2, 0.25) is 0 Å². The van der Waals surface area contributed by atoms with E-state index in [2.05, 4.69) is 0 Å². The van der Waals surface area contributed by atoms with Crippen molar-refractivity contribution in [1.82, 2.24) is 0 Å². The second kappa shape index (κ2) is 3.73. The van der Waals surface area contributed by atoms with Gasteiger partial charge in [0.05, 0.1) is 5.69 Å². The lowest BCUT2D eigenvalue weighted by atomic mass is 10.0. The van der Waals surface area contributed by atoms with Crippen molar-refractivity contribution >= 4 is 5.69 Å². The lowest BCUT2D eigenvalue weighted by Crippen LogP contribution is -1.90. The predicted octanol–water partition coefficient (Wildman–Crippen LogP) is 3.38. The average molecular weight is 201 g/mol. The molecular weight excluding hydrogens is 189 g/mol. The van der Waals surface area contributed by atoms with Gasteiger partial charge in [0, 0.05) is 0 Å². The van der Waals surface area contributed by atoms with Crippen molar-refractivity contribution in [1.29, 1.82) is 0 Å². The monoisotopic (exact) mass is 201 g/mol. The highest BCUT2D eigenvalue weighted by molar-refractivity contribution is 5.66. The smallest absolute Gasteiger partial charge is 0.146 e. The van der Waals surface area contributed by atoms with Gasteiger partial charge in [-0.15, -0.1) is 0 Å². The number of benzene rings is 2. The minimum atomic E-state index is -0.368. The molecule has 0 spiro atoms. The largest absolute Gasteiger partial charge is 0.396 e. The Morgan fingerprint density at radius 3 is 2.13 bits per heavy atom.